The van der Waals surface area contributed by atoms with E-state index in [0.717, 1.165) is 18.0 Å². The van der Waals surface area contributed by atoms with Gasteiger partial charge >= 0.3 is 0 Å². The van der Waals surface area contributed by atoms with Crippen LogP contribution in [0.15, 0.2) is 6.33 Å². The monoisotopic (exact) mass is 140 g/mol. The summed E-state index contributed by atoms with van der Waals surface area (Å²) in [5.41, 5.74) is 1.14. The Morgan fingerprint density at radius 2 is 2.40 bits per heavy atom. The average Bonchev–Trinajstić information content (AvgIpc) is 2.30. The maximum absolute atomic E-state index is 5.03. The number of ether oxygens (including phenoxy) is 1. The lowest BCUT2D eigenvalue weighted by Crippen LogP contribution is -1.94. The molecule has 0 aliphatic rings. The zero-order valence-corrected chi connectivity index (χ0v) is 6.59. The predicted molar refractivity (Wildman–Crippen MR) is 39.1 cm³/mol. The van der Waals surface area contributed by atoms with Gasteiger partial charge in [0.15, 0.2) is 0 Å². The molecule has 0 radical (unpaired) electrons. The third kappa shape index (κ3) is 0.988. The van der Waals surface area contributed by atoms with E-state index in [9.17, 15) is 0 Å². The summed E-state index contributed by atoms with van der Waals surface area (Å²) in [6.45, 7) is 2.08. The van der Waals surface area contributed by atoms with E-state index < -0.39 is 0 Å². The van der Waals surface area contributed by atoms with Gasteiger partial charge in [-0.15, -0.1) is 0 Å². The summed E-state index contributed by atoms with van der Waals surface area (Å²) >= 11 is 0. The minimum Gasteiger partial charge on any atom is -0.480 e. The topological polar surface area (TPSA) is 27.1 Å². The van der Waals surface area contributed by atoms with Gasteiger partial charge in [-0.1, -0.05) is 6.92 Å². The van der Waals surface area contributed by atoms with Crippen molar-refractivity contribution in [2.75, 3.05) is 7.11 Å². The Morgan fingerprint density at radius 1 is 1.70 bits per heavy atom. The standard InChI is InChI=1S/C7H12N2O/c1-4-6-7(10-3)8-5-9(6)2/h5H,4H2,1-3H3. The Bertz CT molecular complexity index is 217. The fraction of sp³-hybridized carbons (Fsp3) is 0.571. The second-order valence-electron chi connectivity index (χ2n) is 2.16. The Kier molecular flexibility index (Phi) is 1.94. The van der Waals surface area contributed by atoms with Gasteiger partial charge in [0.05, 0.1) is 19.1 Å². The molecule has 0 amide bonds. The molecular weight excluding hydrogens is 128 g/mol. The number of nitrogens with zero attached hydrogens (tertiary/aromatic N) is 2. The molecule has 1 aromatic heterocycles. The molecule has 0 aromatic carbocycles. The minimum atomic E-state index is 0.741. The van der Waals surface area contributed by atoms with Crippen LogP contribution in [-0.4, -0.2) is 16.7 Å². The first-order chi connectivity index (χ1) is 4.79. The Hall–Kier alpha value is -0.990. The molecule has 0 saturated carbocycles. The number of aryl methyl sites for hydroxylation is 1. The summed E-state index contributed by atoms with van der Waals surface area (Å²) in [7, 11) is 3.61. The molecule has 0 fully saturated rings. The second-order valence-corrected chi connectivity index (χ2v) is 2.16. The van der Waals surface area contributed by atoms with Crippen molar-refractivity contribution in [1.82, 2.24) is 9.55 Å². The van der Waals surface area contributed by atoms with E-state index >= 15 is 0 Å². The largest absolute Gasteiger partial charge is 0.480 e. The molecule has 0 N–H and O–H groups in total. The van der Waals surface area contributed by atoms with Crippen molar-refractivity contribution in [3.63, 3.8) is 0 Å². The Labute approximate surface area is 60.6 Å². The Morgan fingerprint density at radius 3 is 2.80 bits per heavy atom. The summed E-state index contributed by atoms with van der Waals surface area (Å²) in [6.07, 6.45) is 2.72. The molecule has 0 aliphatic carbocycles. The van der Waals surface area contributed by atoms with Gasteiger partial charge < -0.3 is 9.30 Å². The summed E-state index contributed by atoms with van der Waals surface area (Å²) in [4.78, 5) is 4.05. The molecule has 0 unspecified atom stereocenters. The molecule has 1 heterocycles. The van der Waals surface area contributed by atoms with Crippen molar-refractivity contribution < 1.29 is 4.74 Å². The fourth-order valence-electron chi connectivity index (χ4n) is 1.01. The van der Waals surface area contributed by atoms with Crippen LogP contribution < -0.4 is 4.74 Å². The summed E-state index contributed by atoms with van der Waals surface area (Å²) in [6, 6.07) is 0. The van der Waals surface area contributed by atoms with E-state index in [2.05, 4.69) is 11.9 Å². The molecule has 0 aliphatic heterocycles. The molecule has 1 aromatic rings. The molecule has 1 rings (SSSR count). The number of aromatic nitrogens is 2. The summed E-state index contributed by atoms with van der Waals surface area (Å²) in [5, 5.41) is 0. The number of methoxy groups -OCH3 is 1. The molecule has 56 valence electrons. The van der Waals surface area contributed by atoms with Crippen molar-refractivity contribution in [3.8, 4) is 5.88 Å². The van der Waals surface area contributed by atoms with Crippen molar-refractivity contribution >= 4 is 0 Å². The van der Waals surface area contributed by atoms with Gasteiger partial charge in [0.2, 0.25) is 5.88 Å². The molecule has 3 nitrogen and oxygen atoms in total. The van der Waals surface area contributed by atoms with Crippen LogP contribution in [0.4, 0.5) is 0 Å². The zero-order chi connectivity index (χ0) is 7.56. The van der Waals surface area contributed by atoms with Crippen LogP contribution in [0.3, 0.4) is 0 Å². The van der Waals surface area contributed by atoms with E-state index in [1.807, 2.05) is 11.6 Å². The highest BCUT2D eigenvalue weighted by Crippen LogP contribution is 2.13. The van der Waals surface area contributed by atoms with Gasteiger partial charge in [-0.2, -0.15) is 0 Å². The van der Waals surface area contributed by atoms with E-state index in [1.54, 1.807) is 13.4 Å². The van der Waals surface area contributed by atoms with Gasteiger partial charge in [0.1, 0.15) is 0 Å². The molecule has 0 atom stereocenters. The highest BCUT2D eigenvalue weighted by molar-refractivity contribution is 5.18. The van der Waals surface area contributed by atoms with Gasteiger partial charge in [0.25, 0.3) is 0 Å². The van der Waals surface area contributed by atoms with Gasteiger partial charge in [-0.05, 0) is 6.42 Å². The molecule has 0 spiro atoms. The third-order valence-corrected chi connectivity index (χ3v) is 1.55. The highest BCUT2D eigenvalue weighted by Gasteiger charge is 2.04. The maximum Gasteiger partial charge on any atom is 0.234 e. The predicted octanol–water partition coefficient (Wildman–Crippen LogP) is 0.991. The van der Waals surface area contributed by atoms with E-state index in [4.69, 9.17) is 4.74 Å². The van der Waals surface area contributed by atoms with Gasteiger partial charge in [0, 0.05) is 7.05 Å². The minimum absolute atomic E-state index is 0.741. The van der Waals surface area contributed by atoms with Crippen LogP contribution in [0.5, 0.6) is 5.88 Å². The molecule has 3 heteroatoms. The number of hydrogen-bond acceptors (Lipinski definition) is 2. The first kappa shape index (κ1) is 7.12. The van der Waals surface area contributed by atoms with E-state index in [0.29, 0.717) is 0 Å². The smallest absolute Gasteiger partial charge is 0.234 e. The van der Waals surface area contributed by atoms with Crippen LogP contribution >= 0.6 is 0 Å². The summed E-state index contributed by atoms with van der Waals surface area (Å²) in [5.74, 6) is 0.741. The zero-order valence-electron chi connectivity index (χ0n) is 6.59. The lowest BCUT2D eigenvalue weighted by Gasteiger charge is -1.99. The summed E-state index contributed by atoms with van der Waals surface area (Å²) < 4.78 is 7.00. The number of rotatable bonds is 2. The number of imidazole rings is 1. The van der Waals surface area contributed by atoms with E-state index in [1.165, 1.54) is 0 Å². The normalized spacial score (nSPS) is 9.90. The second kappa shape index (κ2) is 2.73. The fourth-order valence-corrected chi connectivity index (χ4v) is 1.01. The first-order valence-corrected chi connectivity index (χ1v) is 3.33. The number of hydrogen-bond donors (Lipinski definition) is 0. The average molecular weight is 140 g/mol. The molecule has 10 heavy (non-hydrogen) atoms. The van der Waals surface area contributed by atoms with Crippen molar-refractivity contribution in [1.29, 1.82) is 0 Å². The van der Waals surface area contributed by atoms with Crippen LogP contribution in [-0.2, 0) is 13.5 Å². The quantitative estimate of drug-likeness (QED) is 0.612. The lowest BCUT2D eigenvalue weighted by atomic mass is 10.3. The maximum atomic E-state index is 5.03. The van der Waals surface area contributed by atoms with Crippen LogP contribution in [0.2, 0.25) is 0 Å². The van der Waals surface area contributed by atoms with Crippen LogP contribution in [0.25, 0.3) is 0 Å². The molecule has 0 bridgehead atoms. The van der Waals surface area contributed by atoms with Crippen molar-refractivity contribution in [2.24, 2.45) is 7.05 Å². The van der Waals surface area contributed by atoms with E-state index in [-0.39, 0.29) is 0 Å². The van der Waals surface area contributed by atoms with Crippen LogP contribution in [0, 0.1) is 0 Å². The van der Waals surface area contributed by atoms with Gasteiger partial charge in [-0.3, -0.25) is 0 Å². The lowest BCUT2D eigenvalue weighted by molar-refractivity contribution is 0.394. The molecule has 0 saturated heterocycles. The first-order valence-electron chi connectivity index (χ1n) is 3.33. The van der Waals surface area contributed by atoms with Crippen molar-refractivity contribution in [3.05, 3.63) is 12.0 Å². The molecular formula is C7H12N2O. The third-order valence-electron chi connectivity index (χ3n) is 1.55. The van der Waals surface area contributed by atoms with Crippen LogP contribution in [0.1, 0.15) is 12.6 Å². The van der Waals surface area contributed by atoms with Gasteiger partial charge in [-0.25, -0.2) is 4.98 Å². The SMILES string of the molecule is CCc1c(OC)ncn1C. The highest BCUT2D eigenvalue weighted by atomic mass is 16.5. The Balaban J connectivity index is 3.01. The van der Waals surface area contributed by atoms with Crippen molar-refractivity contribution in [2.45, 2.75) is 13.3 Å².